The Morgan fingerprint density at radius 2 is 1.96 bits per heavy atom. The highest BCUT2D eigenvalue weighted by atomic mass is 16.6. The standard InChI is InChI=1S/C19H22N2O4/c1-3-20(16-9-6-8-15(2)14-16)19(22)12-7-13-25-18-11-5-4-10-17(18)21(23)24/h4-6,8-11,14H,3,7,12-13H2,1-2H3. The van der Waals surface area contributed by atoms with Gasteiger partial charge in [0.2, 0.25) is 5.91 Å². The van der Waals surface area contributed by atoms with E-state index >= 15 is 0 Å². The van der Waals surface area contributed by atoms with Gasteiger partial charge in [0.25, 0.3) is 0 Å². The Kier molecular flexibility index (Phi) is 6.51. The fourth-order valence-corrected chi connectivity index (χ4v) is 2.57. The molecule has 0 spiro atoms. The van der Waals surface area contributed by atoms with Gasteiger partial charge in [-0.15, -0.1) is 0 Å². The molecule has 25 heavy (non-hydrogen) atoms. The molecule has 1 amide bonds. The lowest BCUT2D eigenvalue weighted by Gasteiger charge is -2.21. The Balaban J connectivity index is 1.89. The van der Waals surface area contributed by atoms with Gasteiger partial charge in [-0.1, -0.05) is 24.3 Å². The van der Waals surface area contributed by atoms with Crippen molar-refractivity contribution in [3.8, 4) is 5.75 Å². The predicted molar refractivity (Wildman–Crippen MR) is 97.0 cm³/mol. The maximum absolute atomic E-state index is 12.4. The summed E-state index contributed by atoms with van der Waals surface area (Å²) in [5, 5.41) is 10.9. The van der Waals surface area contributed by atoms with Crippen LogP contribution in [0.25, 0.3) is 0 Å². The first-order chi connectivity index (χ1) is 12.0. The first-order valence-electron chi connectivity index (χ1n) is 8.26. The van der Waals surface area contributed by atoms with E-state index in [1.807, 2.05) is 38.1 Å². The zero-order chi connectivity index (χ0) is 18.2. The van der Waals surface area contributed by atoms with Crippen LogP contribution in [0.4, 0.5) is 11.4 Å². The molecule has 0 atom stereocenters. The first kappa shape index (κ1) is 18.4. The number of amides is 1. The first-order valence-corrected chi connectivity index (χ1v) is 8.26. The molecule has 2 aromatic rings. The molecule has 6 heteroatoms. The van der Waals surface area contributed by atoms with Crippen molar-refractivity contribution in [1.82, 2.24) is 0 Å². The molecule has 0 aliphatic rings. The van der Waals surface area contributed by atoms with E-state index in [0.29, 0.717) is 19.4 Å². The fourth-order valence-electron chi connectivity index (χ4n) is 2.57. The number of nitro benzene ring substituents is 1. The molecule has 0 saturated heterocycles. The number of aryl methyl sites for hydroxylation is 1. The molecule has 0 unspecified atom stereocenters. The van der Waals surface area contributed by atoms with Gasteiger partial charge in [0.15, 0.2) is 5.75 Å². The molecule has 0 fully saturated rings. The largest absolute Gasteiger partial charge is 0.487 e. The van der Waals surface area contributed by atoms with Crippen LogP contribution < -0.4 is 9.64 Å². The third kappa shape index (κ3) is 5.04. The highest BCUT2D eigenvalue weighted by Crippen LogP contribution is 2.26. The molecule has 0 saturated carbocycles. The number of anilines is 1. The number of benzene rings is 2. The topological polar surface area (TPSA) is 72.7 Å². The molecule has 0 bridgehead atoms. The van der Waals surface area contributed by atoms with Crippen molar-refractivity contribution < 1.29 is 14.5 Å². The summed E-state index contributed by atoms with van der Waals surface area (Å²) >= 11 is 0. The monoisotopic (exact) mass is 342 g/mol. The molecular formula is C19H22N2O4. The lowest BCUT2D eigenvalue weighted by molar-refractivity contribution is -0.385. The van der Waals surface area contributed by atoms with Gasteiger partial charge in [-0.05, 0) is 44.0 Å². The number of nitrogens with zero attached hydrogens (tertiary/aromatic N) is 2. The predicted octanol–water partition coefficient (Wildman–Crippen LogP) is 4.12. The molecule has 0 aromatic heterocycles. The van der Waals surface area contributed by atoms with Crippen molar-refractivity contribution in [3.63, 3.8) is 0 Å². The van der Waals surface area contributed by atoms with Crippen molar-refractivity contribution in [3.05, 3.63) is 64.2 Å². The lowest BCUT2D eigenvalue weighted by Crippen LogP contribution is -2.30. The van der Waals surface area contributed by atoms with Crippen molar-refractivity contribution in [2.24, 2.45) is 0 Å². The number of carbonyl (C=O) groups excluding carboxylic acids is 1. The van der Waals surface area contributed by atoms with E-state index in [1.54, 1.807) is 23.1 Å². The summed E-state index contributed by atoms with van der Waals surface area (Å²) in [7, 11) is 0. The third-order valence-corrected chi connectivity index (χ3v) is 3.79. The second-order valence-electron chi connectivity index (χ2n) is 5.65. The summed E-state index contributed by atoms with van der Waals surface area (Å²) in [6, 6.07) is 14.0. The third-order valence-electron chi connectivity index (χ3n) is 3.79. The van der Waals surface area contributed by atoms with Gasteiger partial charge in [0.1, 0.15) is 0 Å². The van der Waals surface area contributed by atoms with Crippen LogP contribution in [-0.4, -0.2) is 24.0 Å². The Hall–Kier alpha value is -2.89. The number of carbonyl (C=O) groups is 1. The van der Waals surface area contributed by atoms with E-state index in [-0.39, 0.29) is 24.0 Å². The fraction of sp³-hybridized carbons (Fsp3) is 0.316. The number of rotatable bonds is 8. The highest BCUT2D eigenvalue weighted by Gasteiger charge is 2.15. The van der Waals surface area contributed by atoms with Crippen LogP contribution in [0.1, 0.15) is 25.3 Å². The Bertz CT molecular complexity index is 746. The molecule has 2 rings (SSSR count). The Morgan fingerprint density at radius 3 is 2.64 bits per heavy atom. The maximum Gasteiger partial charge on any atom is 0.310 e. The minimum Gasteiger partial charge on any atom is -0.487 e. The zero-order valence-corrected chi connectivity index (χ0v) is 14.5. The van der Waals surface area contributed by atoms with Gasteiger partial charge in [-0.3, -0.25) is 14.9 Å². The quantitative estimate of drug-likeness (QED) is 0.411. The van der Waals surface area contributed by atoms with Crippen molar-refractivity contribution in [2.75, 3.05) is 18.1 Å². The Labute approximate surface area is 147 Å². The van der Waals surface area contributed by atoms with Crippen molar-refractivity contribution in [1.29, 1.82) is 0 Å². The molecule has 0 aliphatic heterocycles. The molecule has 0 heterocycles. The van der Waals surface area contributed by atoms with E-state index in [4.69, 9.17) is 4.74 Å². The highest BCUT2D eigenvalue weighted by molar-refractivity contribution is 5.93. The van der Waals surface area contributed by atoms with Gasteiger partial charge in [-0.25, -0.2) is 0 Å². The number of ether oxygens (including phenoxy) is 1. The van der Waals surface area contributed by atoms with Crippen LogP contribution in [-0.2, 0) is 4.79 Å². The summed E-state index contributed by atoms with van der Waals surface area (Å²) in [4.78, 5) is 24.6. The molecule has 2 aromatic carbocycles. The van der Waals surface area contributed by atoms with Crippen molar-refractivity contribution >= 4 is 17.3 Å². The van der Waals surface area contributed by atoms with Crippen LogP contribution in [0, 0.1) is 17.0 Å². The van der Waals surface area contributed by atoms with Crippen LogP contribution in [0.2, 0.25) is 0 Å². The van der Waals surface area contributed by atoms with Crippen LogP contribution in [0.5, 0.6) is 5.75 Å². The van der Waals surface area contributed by atoms with Gasteiger partial charge in [0, 0.05) is 24.7 Å². The van der Waals surface area contributed by atoms with Gasteiger partial charge < -0.3 is 9.64 Å². The van der Waals surface area contributed by atoms with Gasteiger partial charge in [-0.2, -0.15) is 0 Å². The van der Waals surface area contributed by atoms with E-state index in [2.05, 4.69) is 0 Å². The minimum absolute atomic E-state index is 0.0132. The van der Waals surface area contributed by atoms with E-state index < -0.39 is 4.92 Å². The van der Waals surface area contributed by atoms with Crippen LogP contribution >= 0.6 is 0 Å². The summed E-state index contributed by atoms with van der Waals surface area (Å²) in [6.07, 6.45) is 0.815. The average molecular weight is 342 g/mol. The SMILES string of the molecule is CCN(C(=O)CCCOc1ccccc1[N+](=O)[O-])c1cccc(C)c1. The molecule has 6 nitrogen and oxygen atoms in total. The molecule has 0 aliphatic carbocycles. The molecule has 0 N–H and O–H groups in total. The summed E-state index contributed by atoms with van der Waals surface area (Å²) in [5.74, 6) is 0.241. The second kappa shape index (κ2) is 8.82. The summed E-state index contributed by atoms with van der Waals surface area (Å²) < 4.78 is 5.47. The van der Waals surface area contributed by atoms with E-state index in [9.17, 15) is 14.9 Å². The van der Waals surface area contributed by atoms with E-state index in [0.717, 1.165) is 11.3 Å². The van der Waals surface area contributed by atoms with Crippen LogP contribution in [0.15, 0.2) is 48.5 Å². The zero-order valence-electron chi connectivity index (χ0n) is 14.5. The maximum atomic E-state index is 12.4. The average Bonchev–Trinajstić information content (AvgIpc) is 2.59. The second-order valence-corrected chi connectivity index (χ2v) is 5.65. The van der Waals surface area contributed by atoms with Crippen molar-refractivity contribution in [2.45, 2.75) is 26.7 Å². The van der Waals surface area contributed by atoms with E-state index in [1.165, 1.54) is 6.07 Å². The molecule has 132 valence electrons. The number of para-hydroxylation sites is 2. The molecular weight excluding hydrogens is 320 g/mol. The Morgan fingerprint density at radius 1 is 1.20 bits per heavy atom. The smallest absolute Gasteiger partial charge is 0.310 e. The minimum atomic E-state index is -0.475. The number of nitro groups is 1. The number of hydrogen-bond donors (Lipinski definition) is 0. The number of hydrogen-bond acceptors (Lipinski definition) is 4. The summed E-state index contributed by atoms with van der Waals surface area (Å²) in [5.41, 5.74) is 1.92. The summed E-state index contributed by atoms with van der Waals surface area (Å²) in [6.45, 7) is 4.77. The normalized spacial score (nSPS) is 10.3. The van der Waals surface area contributed by atoms with Crippen LogP contribution in [0.3, 0.4) is 0 Å². The van der Waals surface area contributed by atoms with Gasteiger partial charge in [0.05, 0.1) is 11.5 Å². The van der Waals surface area contributed by atoms with Gasteiger partial charge >= 0.3 is 5.69 Å². The molecule has 0 radical (unpaired) electrons. The lowest BCUT2D eigenvalue weighted by atomic mass is 10.2.